The van der Waals surface area contributed by atoms with Gasteiger partial charge in [-0.1, -0.05) is 18.2 Å². The highest BCUT2D eigenvalue weighted by Gasteiger charge is 2.26. The van der Waals surface area contributed by atoms with Gasteiger partial charge in [0.05, 0.1) is 0 Å². The van der Waals surface area contributed by atoms with Crippen molar-refractivity contribution in [3.63, 3.8) is 0 Å². The molecule has 0 saturated carbocycles. The first kappa shape index (κ1) is 8.50. The van der Waals surface area contributed by atoms with Gasteiger partial charge in [-0.2, -0.15) is 0 Å². The molecule has 0 amide bonds. The van der Waals surface area contributed by atoms with E-state index in [0.717, 1.165) is 0 Å². The normalized spacial score (nSPS) is 29.3. The molecule has 1 radical (unpaired) electrons. The van der Waals surface area contributed by atoms with Crippen LogP contribution in [0, 0.1) is 6.42 Å². The molecule has 1 aliphatic rings. The van der Waals surface area contributed by atoms with Gasteiger partial charge < -0.3 is 9.47 Å². The largest absolute Gasteiger partial charge is 0.349 e. The van der Waals surface area contributed by atoms with Crippen LogP contribution in [0.4, 0.5) is 0 Å². The number of ether oxygens (including phenoxy) is 2. The van der Waals surface area contributed by atoms with Gasteiger partial charge in [0.25, 0.3) is 0 Å². The van der Waals surface area contributed by atoms with Crippen molar-refractivity contribution in [2.24, 2.45) is 0 Å². The molecule has 1 unspecified atom stereocenters. The van der Waals surface area contributed by atoms with Gasteiger partial charge in [0.2, 0.25) is 0 Å². The van der Waals surface area contributed by atoms with Gasteiger partial charge in [0.1, 0.15) is 0 Å². The van der Waals surface area contributed by atoms with Gasteiger partial charge >= 0.3 is 0 Å². The van der Waals surface area contributed by atoms with Crippen molar-refractivity contribution in [3.8, 4) is 0 Å². The molecule has 0 spiro atoms. The average Bonchev–Trinajstić information content (AvgIpc) is 2.07. The van der Waals surface area contributed by atoms with E-state index in [1.807, 2.05) is 37.6 Å². The molecule has 1 atom stereocenters. The predicted molar refractivity (Wildman–Crippen MR) is 43.9 cm³/mol. The number of methoxy groups -OCH3 is 1. The molecular weight excluding hydrogens is 140 g/mol. The van der Waals surface area contributed by atoms with E-state index in [-0.39, 0.29) is 0 Å². The third-order valence-corrected chi connectivity index (χ3v) is 1.57. The topological polar surface area (TPSA) is 18.5 Å². The molecule has 0 aromatic rings. The molecule has 1 aliphatic carbocycles. The van der Waals surface area contributed by atoms with Crippen LogP contribution in [0.3, 0.4) is 0 Å². The molecule has 0 saturated heterocycles. The van der Waals surface area contributed by atoms with Crippen LogP contribution in [0.5, 0.6) is 0 Å². The smallest absolute Gasteiger partial charge is 0.194 e. The van der Waals surface area contributed by atoms with Crippen LogP contribution in [0.25, 0.3) is 0 Å². The molecule has 0 heterocycles. The van der Waals surface area contributed by atoms with Gasteiger partial charge in [-0.05, 0) is 13.0 Å². The molecule has 0 aliphatic heterocycles. The summed E-state index contributed by atoms with van der Waals surface area (Å²) in [6.07, 6.45) is 9.54. The highest BCUT2D eigenvalue weighted by molar-refractivity contribution is 5.24. The van der Waals surface area contributed by atoms with Crippen molar-refractivity contribution in [3.05, 3.63) is 30.7 Å². The Kier molecular flexibility index (Phi) is 2.85. The van der Waals surface area contributed by atoms with E-state index in [1.165, 1.54) is 0 Å². The Morgan fingerprint density at radius 1 is 1.27 bits per heavy atom. The Labute approximate surface area is 67.5 Å². The van der Waals surface area contributed by atoms with Crippen LogP contribution < -0.4 is 0 Å². The number of hydrogen-bond acceptors (Lipinski definition) is 2. The summed E-state index contributed by atoms with van der Waals surface area (Å²) in [7, 11) is 1.63. The zero-order chi connectivity index (χ0) is 8.16. The molecule has 0 aromatic carbocycles. The van der Waals surface area contributed by atoms with Gasteiger partial charge in [0, 0.05) is 20.1 Å². The Balaban J connectivity index is 2.60. The minimum atomic E-state index is -0.622. The second-order valence-corrected chi connectivity index (χ2v) is 2.27. The van der Waals surface area contributed by atoms with E-state index in [9.17, 15) is 0 Å². The maximum absolute atomic E-state index is 5.40. The summed E-state index contributed by atoms with van der Waals surface area (Å²) in [5.74, 6) is -0.622. The third-order valence-electron chi connectivity index (χ3n) is 1.57. The predicted octanol–water partition coefficient (Wildman–Crippen LogP) is 1.70. The fourth-order valence-electron chi connectivity index (χ4n) is 1.02. The lowest BCUT2D eigenvalue weighted by atomic mass is 10.1. The highest BCUT2D eigenvalue weighted by Crippen LogP contribution is 2.21. The van der Waals surface area contributed by atoms with Gasteiger partial charge in [-0.3, -0.25) is 0 Å². The quantitative estimate of drug-likeness (QED) is 0.574. The molecule has 2 heteroatoms. The van der Waals surface area contributed by atoms with Crippen molar-refractivity contribution in [2.75, 3.05) is 13.7 Å². The highest BCUT2D eigenvalue weighted by atomic mass is 16.7. The molecule has 0 fully saturated rings. The molecule has 0 N–H and O–H groups in total. The fraction of sp³-hybridized carbons (Fsp3) is 0.444. The number of hydrogen-bond donors (Lipinski definition) is 0. The molecule has 2 nitrogen and oxygen atoms in total. The summed E-state index contributed by atoms with van der Waals surface area (Å²) in [6.45, 7) is 2.59. The lowest BCUT2D eigenvalue weighted by Gasteiger charge is -2.28. The molecular formula is C9H13O2. The molecule has 61 valence electrons. The molecule has 11 heavy (non-hydrogen) atoms. The van der Waals surface area contributed by atoms with Crippen LogP contribution in [0.1, 0.15) is 6.92 Å². The van der Waals surface area contributed by atoms with Crippen LogP contribution in [0.15, 0.2) is 24.3 Å². The maximum Gasteiger partial charge on any atom is 0.194 e. The van der Waals surface area contributed by atoms with Crippen LogP contribution >= 0.6 is 0 Å². The molecule has 1 rings (SSSR count). The van der Waals surface area contributed by atoms with E-state index in [2.05, 4.69) is 0 Å². The van der Waals surface area contributed by atoms with Crippen molar-refractivity contribution >= 4 is 0 Å². The zero-order valence-electron chi connectivity index (χ0n) is 6.91. The molecule has 0 bridgehead atoms. The first-order chi connectivity index (χ1) is 5.33. The van der Waals surface area contributed by atoms with E-state index in [1.54, 1.807) is 7.11 Å². The van der Waals surface area contributed by atoms with Crippen LogP contribution in [0.2, 0.25) is 0 Å². The third kappa shape index (κ3) is 1.91. The summed E-state index contributed by atoms with van der Waals surface area (Å²) in [4.78, 5) is 0. The van der Waals surface area contributed by atoms with Crippen molar-refractivity contribution in [1.82, 2.24) is 0 Å². The second-order valence-electron chi connectivity index (χ2n) is 2.27. The van der Waals surface area contributed by atoms with E-state index < -0.39 is 5.79 Å². The fourth-order valence-corrected chi connectivity index (χ4v) is 1.02. The Morgan fingerprint density at radius 3 is 2.55 bits per heavy atom. The van der Waals surface area contributed by atoms with Crippen LogP contribution in [-0.2, 0) is 9.47 Å². The van der Waals surface area contributed by atoms with Gasteiger partial charge in [0.15, 0.2) is 5.79 Å². The van der Waals surface area contributed by atoms with E-state index in [0.29, 0.717) is 6.61 Å². The first-order valence-corrected chi connectivity index (χ1v) is 3.72. The van der Waals surface area contributed by atoms with Crippen LogP contribution in [-0.4, -0.2) is 19.5 Å². The Bertz CT molecular complexity index is 172. The summed E-state index contributed by atoms with van der Waals surface area (Å²) < 4.78 is 10.6. The summed E-state index contributed by atoms with van der Waals surface area (Å²) >= 11 is 0. The monoisotopic (exact) mass is 153 g/mol. The SMILES string of the molecule is CCOC1(OC)[CH]C=CC=C1. The maximum atomic E-state index is 5.40. The average molecular weight is 153 g/mol. The Morgan fingerprint density at radius 2 is 2.09 bits per heavy atom. The van der Waals surface area contributed by atoms with Gasteiger partial charge in [-0.15, -0.1) is 0 Å². The summed E-state index contributed by atoms with van der Waals surface area (Å²) in [5.41, 5.74) is 0. The minimum absolute atomic E-state index is 0.622. The minimum Gasteiger partial charge on any atom is -0.349 e. The lowest BCUT2D eigenvalue weighted by molar-refractivity contribution is -0.159. The standard InChI is InChI=1S/C9H13O2/c1-3-11-9(10-2)7-5-4-6-8-9/h4-8H,3H2,1-2H3. The Hall–Kier alpha value is -0.600. The summed E-state index contributed by atoms with van der Waals surface area (Å²) in [6, 6.07) is 0. The van der Waals surface area contributed by atoms with Gasteiger partial charge in [-0.25, -0.2) is 0 Å². The van der Waals surface area contributed by atoms with E-state index in [4.69, 9.17) is 9.47 Å². The first-order valence-electron chi connectivity index (χ1n) is 3.72. The molecule has 0 aromatic heterocycles. The number of allylic oxidation sites excluding steroid dienone is 2. The number of rotatable bonds is 3. The van der Waals surface area contributed by atoms with Crippen molar-refractivity contribution in [1.29, 1.82) is 0 Å². The second kappa shape index (κ2) is 3.69. The zero-order valence-corrected chi connectivity index (χ0v) is 6.91. The van der Waals surface area contributed by atoms with Crippen molar-refractivity contribution < 1.29 is 9.47 Å². The van der Waals surface area contributed by atoms with E-state index >= 15 is 0 Å². The summed E-state index contributed by atoms with van der Waals surface area (Å²) in [5, 5.41) is 0. The lowest BCUT2D eigenvalue weighted by Crippen LogP contribution is -2.33. The van der Waals surface area contributed by atoms with Crippen molar-refractivity contribution in [2.45, 2.75) is 12.7 Å².